The molecule has 0 radical (unpaired) electrons. The van der Waals surface area contributed by atoms with Gasteiger partial charge in [-0.2, -0.15) is 0 Å². The zero-order chi connectivity index (χ0) is 16.6. The molecule has 2 atom stereocenters. The first-order chi connectivity index (χ1) is 10.4. The number of nitrogens with zero attached hydrogens (tertiary/aromatic N) is 2. The summed E-state index contributed by atoms with van der Waals surface area (Å²) in [7, 11) is 0. The average molecular weight is 316 g/mol. The third-order valence-electron chi connectivity index (χ3n) is 3.28. The van der Waals surface area contributed by atoms with Crippen molar-refractivity contribution >= 4 is 0 Å². The van der Waals surface area contributed by atoms with Crippen molar-refractivity contribution in [3.63, 3.8) is 0 Å². The Labute approximate surface area is 127 Å². The fourth-order valence-electron chi connectivity index (χ4n) is 2.03. The first-order valence-electron chi connectivity index (χ1n) is 6.75. The lowest BCUT2D eigenvalue weighted by Gasteiger charge is -2.27. The molecule has 0 aromatic heterocycles. The van der Waals surface area contributed by atoms with Crippen molar-refractivity contribution in [3.8, 4) is 0 Å². The van der Waals surface area contributed by atoms with Gasteiger partial charge in [-0.1, -0.05) is 6.08 Å². The number of nitro groups is 2. The molecule has 10 nitrogen and oxygen atoms in total. The summed E-state index contributed by atoms with van der Waals surface area (Å²) in [4.78, 5) is 20.9. The summed E-state index contributed by atoms with van der Waals surface area (Å²) in [6.07, 6.45) is 3.37. The largest absolute Gasteiger partial charge is 0.379 e. The zero-order valence-corrected chi connectivity index (χ0v) is 12.1. The molecule has 22 heavy (non-hydrogen) atoms. The number of nitrogens with two attached hydrogens (primary N) is 2. The smallest absolute Gasteiger partial charge is 0.272 e. The molecule has 0 bridgehead atoms. The molecular weight excluding hydrogens is 296 g/mol. The Bertz CT molecular complexity index is 467. The predicted octanol–water partition coefficient (Wildman–Crippen LogP) is -0.558. The molecular formula is C12H20N4O6. The second kappa shape index (κ2) is 8.54. The molecule has 2 unspecified atom stereocenters. The Kier molecular flexibility index (Phi) is 7.05. The first kappa shape index (κ1) is 18.2. The zero-order valence-electron chi connectivity index (χ0n) is 12.1. The first-order valence-corrected chi connectivity index (χ1v) is 6.75. The minimum absolute atomic E-state index is 0.0377. The third kappa shape index (κ3) is 4.56. The summed E-state index contributed by atoms with van der Waals surface area (Å²) in [6.45, 7) is 1.43. The highest BCUT2D eigenvalue weighted by Gasteiger charge is 2.49. The van der Waals surface area contributed by atoms with Gasteiger partial charge in [0.15, 0.2) is 0 Å². The molecule has 1 aliphatic rings. The predicted molar refractivity (Wildman–Crippen MR) is 77.2 cm³/mol. The van der Waals surface area contributed by atoms with E-state index >= 15 is 0 Å². The van der Waals surface area contributed by atoms with Gasteiger partial charge in [0.25, 0.3) is 11.2 Å². The van der Waals surface area contributed by atoms with E-state index < -0.39 is 21.4 Å². The lowest BCUT2D eigenvalue weighted by atomic mass is 9.83. The highest BCUT2D eigenvalue weighted by molar-refractivity contribution is 5.28. The summed E-state index contributed by atoms with van der Waals surface area (Å²) in [5.41, 5.74) is 8.93. The van der Waals surface area contributed by atoms with Gasteiger partial charge in [-0.3, -0.25) is 20.2 Å². The number of hydrogen-bond acceptors (Lipinski definition) is 8. The van der Waals surface area contributed by atoms with Crippen molar-refractivity contribution in [2.75, 3.05) is 33.0 Å². The topological polar surface area (TPSA) is 157 Å². The molecule has 0 spiro atoms. The molecule has 1 aliphatic carbocycles. The highest BCUT2D eigenvalue weighted by Crippen LogP contribution is 2.28. The Morgan fingerprint density at radius 1 is 1.18 bits per heavy atom. The fraction of sp³-hybridized carbons (Fsp3) is 0.667. The van der Waals surface area contributed by atoms with E-state index in [-0.39, 0.29) is 25.3 Å². The van der Waals surface area contributed by atoms with Crippen LogP contribution in [0.5, 0.6) is 0 Å². The van der Waals surface area contributed by atoms with Crippen molar-refractivity contribution in [1.29, 1.82) is 0 Å². The van der Waals surface area contributed by atoms with Crippen molar-refractivity contribution in [2.24, 2.45) is 11.5 Å². The van der Waals surface area contributed by atoms with E-state index in [4.69, 9.17) is 20.9 Å². The van der Waals surface area contributed by atoms with Crippen LogP contribution in [0.4, 0.5) is 0 Å². The van der Waals surface area contributed by atoms with E-state index in [9.17, 15) is 20.2 Å². The second-order valence-corrected chi connectivity index (χ2v) is 4.72. The molecule has 10 heteroatoms. The van der Waals surface area contributed by atoms with Crippen LogP contribution in [0.1, 0.15) is 6.42 Å². The normalized spacial score (nSPS) is 24.1. The maximum absolute atomic E-state index is 11.4. The quantitative estimate of drug-likeness (QED) is 0.308. The van der Waals surface area contributed by atoms with Gasteiger partial charge in [0.1, 0.15) is 0 Å². The number of hydrogen-bond donors (Lipinski definition) is 2. The van der Waals surface area contributed by atoms with Crippen LogP contribution in [0, 0.1) is 20.2 Å². The monoisotopic (exact) mass is 316 g/mol. The van der Waals surface area contributed by atoms with Crippen molar-refractivity contribution < 1.29 is 19.3 Å². The maximum Gasteiger partial charge on any atom is 0.272 e. The summed E-state index contributed by atoms with van der Waals surface area (Å²) >= 11 is 0. The van der Waals surface area contributed by atoms with Crippen molar-refractivity contribution in [2.45, 2.75) is 18.0 Å². The van der Waals surface area contributed by atoms with Crippen molar-refractivity contribution in [1.82, 2.24) is 0 Å². The molecule has 1 rings (SSSR count). The van der Waals surface area contributed by atoms with E-state index in [1.54, 1.807) is 0 Å². The van der Waals surface area contributed by atoms with E-state index in [0.29, 0.717) is 19.8 Å². The van der Waals surface area contributed by atoms with E-state index in [0.717, 1.165) is 6.08 Å². The summed E-state index contributed by atoms with van der Waals surface area (Å²) in [5, 5.41) is 22.2. The van der Waals surface area contributed by atoms with Crippen molar-refractivity contribution in [3.05, 3.63) is 44.2 Å². The second-order valence-electron chi connectivity index (χ2n) is 4.72. The van der Waals surface area contributed by atoms with Gasteiger partial charge >= 0.3 is 0 Å². The number of ether oxygens (including phenoxy) is 2. The van der Waals surface area contributed by atoms with Crippen LogP contribution >= 0.6 is 0 Å². The van der Waals surface area contributed by atoms with Crippen LogP contribution in [-0.2, 0) is 9.47 Å². The van der Waals surface area contributed by atoms with Gasteiger partial charge in [-0.25, -0.2) is 0 Å². The molecule has 0 amide bonds. The van der Waals surface area contributed by atoms with Crippen LogP contribution in [0.2, 0.25) is 0 Å². The van der Waals surface area contributed by atoms with Gasteiger partial charge in [0.05, 0.1) is 43.5 Å². The molecule has 124 valence electrons. The molecule has 0 aromatic carbocycles. The maximum atomic E-state index is 11.4. The van der Waals surface area contributed by atoms with Crippen LogP contribution in [0.3, 0.4) is 0 Å². The van der Waals surface area contributed by atoms with Crippen LogP contribution in [0.25, 0.3) is 0 Å². The molecule has 0 fully saturated rings. The van der Waals surface area contributed by atoms with Crippen LogP contribution < -0.4 is 11.5 Å². The summed E-state index contributed by atoms with van der Waals surface area (Å²) in [5.74, 6) is 0. The van der Waals surface area contributed by atoms with Crippen LogP contribution in [-0.4, -0.2) is 54.4 Å². The minimum Gasteiger partial charge on any atom is -0.379 e. The SMILES string of the molecule is NCCOCCOCCC1([N+](=O)[O-])C=C([N+](=O)[O-])C=CC1N. The summed E-state index contributed by atoms with van der Waals surface area (Å²) in [6, 6.07) is -0.955. The molecule has 4 N–H and O–H groups in total. The van der Waals surface area contributed by atoms with Gasteiger partial charge in [0, 0.05) is 24.0 Å². The Morgan fingerprint density at radius 2 is 1.82 bits per heavy atom. The minimum atomic E-state index is -1.74. The molecule has 0 aromatic rings. The molecule has 0 heterocycles. The molecule has 0 saturated carbocycles. The number of rotatable bonds is 10. The average Bonchev–Trinajstić information content (AvgIpc) is 2.47. The highest BCUT2D eigenvalue weighted by atomic mass is 16.6. The van der Waals surface area contributed by atoms with E-state index in [1.165, 1.54) is 12.2 Å². The van der Waals surface area contributed by atoms with Gasteiger partial charge in [-0.05, 0) is 0 Å². The molecule has 0 saturated heterocycles. The van der Waals surface area contributed by atoms with E-state index in [2.05, 4.69) is 0 Å². The third-order valence-corrected chi connectivity index (χ3v) is 3.28. The lowest BCUT2D eigenvalue weighted by molar-refractivity contribution is -0.560. The lowest BCUT2D eigenvalue weighted by Crippen LogP contribution is -2.53. The molecule has 0 aliphatic heterocycles. The Balaban J connectivity index is 2.62. The van der Waals surface area contributed by atoms with Gasteiger partial charge < -0.3 is 20.9 Å². The van der Waals surface area contributed by atoms with Gasteiger partial charge in [0.2, 0.25) is 0 Å². The fourth-order valence-corrected chi connectivity index (χ4v) is 2.03. The van der Waals surface area contributed by atoms with Crippen LogP contribution in [0.15, 0.2) is 23.9 Å². The Morgan fingerprint density at radius 3 is 2.36 bits per heavy atom. The number of allylic oxidation sites excluding steroid dienone is 1. The van der Waals surface area contributed by atoms with E-state index in [1.807, 2.05) is 0 Å². The van der Waals surface area contributed by atoms with Gasteiger partial charge in [-0.15, -0.1) is 0 Å². The Hall–Kier alpha value is -1.88. The standard InChI is InChI=1S/C12H20N4O6/c13-4-6-22-8-7-21-5-3-12(16(19)20)9-10(15(17)18)1-2-11(12)14/h1-2,9,11H,3-8,13-14H2. The summed E-state index contributed by atoms with van der Waals surface area (Å²) < 4.78 is 10.3.